The Kier molecular flexibility index (Phi) is 5.08. The van der Waals surface area contributed by atoms with E-state index in [9.17, 15) is 0 Å². The lowest BCUT2D eigenvalue weighted by atomic mass is 10.0. The lowest BCUT2D eigenvalue weighted by molar-refractivity contribution is 0.410. The van der Waals surface area contributed by atoms with Crippen LogP contribution < -0.4 is 5.32 Å². The van der Waals surface area contributed by atoms with Crippen LogP contribution in [0, 0.1) is 11.8 Å². The number of rotatable bonds is 4. The highest BCUT2D eigenvalue weighted by Crippen LogP contribution is 2.17. The largest absolute Gasteiger partial charge is 0.316 e. The van der Waals surface area contributed by atoms with Gasteiger partial charge < -0.3 is 5.32 Å². The molecule has 0 aromatic rings. The molecule has 0 aliphatic carbocycles. The highest BCUT2D eigenvalue weighted by Gasteiger charge is 2.12. The van der Waals surface area contributed by atoms with Crippen LogP contribution in [0.15, 0.2) is 0 Å². The molecule has 0 bridgehead atoms. The van der Waals surface area contributed by atoms with Crippen molar-refractivity contribution in [3.63, 3.8) is 0 Å². The molecule has 2 heteroatoms. The summed E-state index contributed by atoms with van der Waals surface area (Å²) in [5, 5.41) is 3.46. The fraction of sp³-hybridized carbons (Fsp3) is 1.00. The molecule has 0 saturated carbocycles. The van der Waals surface area contributed by atoms with Gasteiger partial charge >= 0.3 is 0 Å². The van der Waals surface area contributed by atoms with Gasteiger partial charge in [-0.1, -0.05) is 13.8 Å². The quantitative estimate of drug-likeness (QED) is 0.725. The average molecular weight is 187 g/mol. The molecule has 12 heavy (non-hydrogen) atoms. The van der Waals surface area contributed by atoms with Crippen molar-refractivity contribution in [2.75, 3.05) is 24.6 Å². The first-order valence-electron chi connectivity index (χ1n) is 5.07. The Morgan fingerprint density at radius 3 is 2.92 bits per heavy atom. The predicted octanol–water partition coefficient (Wildman–Crippen LogP) is 2.38. The minimum Gasteiger partial charge on any atom is -0.316 e. The maximum atomic E-state index is 3.46. The molecular weight excluding hydrogens is 166 g/mol. The zero-order valence-electron chi connectivity index (χ0n) is 8.31. The van der Waals surface area contributed by atoms with Gasteiger partial charge in [-0.15, -0.1) is 0 Å². The van der Waals surface area contributed by atoms with Crippen LogP contribution in [0.1, 0.15) is 26.7 Å². The van der Waals surface area contributed by atoms with Gasteiger partial charge in [0.05, 0.1) is 0 Å². The SMILES string of the molecule is CC(C)CSC[C@H]1CCCNC1. The van der Waals surface area contributed by atoms with Gasteiger partial charge in [-0.25, -0.2) is 0 Å². The standard InChI is InChI=1S/C10H21NS/c1-9(2)7-12-8-10-4-3-5-11-6-10/h9-11H,3-8H2,1-2H3/t10-/m0/s1. The summed E-state index contributed by atoms with van der Waals surface area (Å²) in [4.78, 5) is 0. The van der Waals surface area contributed by atoms with Crippen molar-refractivity contribution in [3.05, 3.63) is 0 Å². The Morgan fingerprint density at radius 2 is 2.33 bits per heavy atom. The minimum atomic E-state index is 0.853. The van der Waals surface area contributed by atoms with E-state index in [1.807, 2.05) is 0 Å². The Balaban J connectivity index is 1.98. The fourth-order valence-electron chi connectivity index (χ4n) is 1.54. The van der Waals surface area contributed by atoms with E-state index < -0.39 is 0 Å². The first-order chi connectivity index (χ1) is 5.79. The van der Waals surface area contributed by atoms with Gasteiger partial charge in [0.1, 0.15) is 0 Å². The maximum Gasteiger partial charge on any atom is -0.00126 e. The molecule has 1 aliphatic rings. The van der Waals surface area contributed by atoms with E-state index in [1.54, 1.807) is 0 Å². The number of piperidine rings is 1. The van der Waals surface area contributed by atoms with Gasteiger partial charge in [-0.3, -0.25) is 0 Å². The van der Waals surface area contributed by atoms with Crippen LogP contribution in [0.5, 0.6) is 0 Å². The van der Waals surface area contributed by atoms with Gasteiger partial charge in [0.25, 0.3) is 0 Å². The molecule has 0 spiro atoms. The number of nitrogens with one attached hydrogen (secondary N) is 1. The van der Waals surface area contributed by atoms with Gasteiger partial charge in [-0.05, 0) is 49.3 Å². The van der Waals surface area contributed by atoms with Crippen LogP contribution in [-0.4, -0.2) is 24.6 Å². The third-order valence-corrected chi connectivity index (χ3v) is 3.81. The molecule has 1 atom stereocenters. The van der Waals surface area contributed by atoms with Gasteiger partial charge in [0, 0.05) is 0 Å². The molecule has 0 radical (unpaired) electrons. The molecule has 1 saturated heterocycles. The summed E-state index contributed by atoms with van der Waals surface area (Å²) >= 11 is 2.13. The summed E-state index contributed by atoms with van der Waals surface area (Å²) in [7, 11) is 0. The molecule has 1 fully saturated rings. The normalized spacial score (nSPS) is 24.8. The Hall–Kier alpha value is 0.310. The highest BCUT2D eigenvalue weighted by molar-refractivity contribution is 7.99. The second kappa shape index (κ2) is 5.87. The molecular formula is C10H21NS. The first-order valence-corrected chi connectivity index (χ1v) is 6.23. The number of hydrogen-bond donors (Lipinski definition) is 1. The van der Waals surface area contributed by atoms with Crippen LogP contribution >= 0.6 is 11.8 Å². The summed E-state index contributed by atoms with van der Waals surface area (Å²) in [6, 6.07) is 0. The monoisotopic (exact) mass is 187 g/mol. The van der Waals surface area contributed by atoms with Gasteiger partial charge in [0.2, 0.25) is 0 Å². The van der Waals surface area contributed by atoms with Crippen LogP contribution in [0.2, 0.25) is 0 Å². The third-order valence-electron chi connectivity index (χ3n) is 2.20. The fourth-order valence-corrected chi connectivity index (χ4v) is 2.76. The summed E-state index contributed by atoms with van der Waals surface area (Å²) in [6.45, 7) is 7.09. The van der Waals surface area contributed by atoms with Gasteiger partial charge in [0.15, 0.2) is 0 Å². The zero-order valence-corrected chi connectivity index (χ0v) is 9.12. The van der Waals surface area contributed by atoms with Crippen LogP contribution in [0.25, 0.3) is 0 Å². The smallest absolute Gasteiger partial charge is 0.00126 e. The Bertz CT molecular complexity index is 108. The molecule has 72 valence electrons. The molecule has 1 heterocycles. The van der Waals surface area contributed by atoms with E-state index >= 15 is 0 Å². The Morgan fingerprint density at radius 1 is 1.50 bits per heavy atom. The van der Waals surface area contributed by atoms with Crippen molar-refractivity contribution in [3.8, 4) is 0 Å². The molecule has 0 aromatic heterocycles. The molecule has 1 nitrogen and oxygen atoms in total. The topological polar surface area (TPSA) is 12.0 Å². The van der Waals surface area contributed by atoms with Crippen molar-refractivity contribution in [1.29, 1.82) is 0 Å². The molecule has 0 aromatic carbocycles. The van der Waals surface area contributed by atoms with Crippen LogP contribution in [-0.2, 0) is 0 Å². The van der Waals surface area contributed by atoms with E-state index in [4.69, 9.17) is 0 Å². The summed E-state index contributed by atoms with van der Waals surface area (Å²) in [5.41, 5.74) is 0. The van der Waals surface area contributed by atoms with E-state index in [0.29, 0.717) is 0 Å². The molecule has 1 rings (SSSR count). The summed E-state index contributed by atoms with van der Waals surface area (Å²) < 4.78 is 0. The van der Waals surface area contributed by atoms with Crippen LogP contribution in [0.3, 0.4) is 0 Å². The van der Waals surface area contributed by atoms with E-state index in [-0.39, 0.29) is 0 Å². The molecule has 1 N–H and O–H groups in total. The number of hydrogen-bond acceptors (Lipinski definition) is 2. The second-order valence-electron chi connectivity index (χ2n) is 4.14. The lowest BCUT2D eigenvalue weighted by Crippen LogP contribution is -2.31. The summed E-state index contributed by atoms with van der Waals surface area (Å²) in [6.07, 6.45) is 2.82. The highest BCUT2D eigenvalue weighted by atomic mass is 32.2. The molecule has 0 amide bonds. The predicted molar refractivity (Wildman–Crippen MR) is 57.8 cm³/mol. The van der Waals surface area contributed by atoms with Gasteiger partial charge in [-0.2, -0.15) is 11.8 Å². The van der Waals surface area contributed by atoms with Crippen molar-refractivity contribution < 1.29 is 0 Å². The maximum absolute atomic E-state index is 3.46. The van der Waals surface area contributed by atoms with Crippen LogP contribution in [0.4, 0.5) is 0 Å². The lowest BCUT2D eigenvalue weighted by Gasteiger charge is -2.22. The minimum absolute atomic E-state index is 0.853. The summed E-state index contributed by atoms with van der Waals surface area (Å²) in [5.74, 6) is 4.50. The Labute approximate surface area is 80.7 Å². The zero-order chi connectivity index (χ0) is 8.81. The molecule has 1 aliphatic heterocycles. The number of thioether (sulfide) groups is 1. The molecule has 0 unspecified atom stereocenters. The van der Waals surface area contributed by atoms with E-state index in [2.05, 4.69) is 30.9 Å². The van der Waals surface area contributed by atoms with Crippen molar-refractivity contribution >= 4 is 11.8 Å². The van der Waals surface area contributed by atoms with E-state index in [0.717, 1.165) is 11.8 Å². The van der Waals surface area contributed by atoms with Crippen molar-refractivity contribution in [1.82, 2.24) is 5.32 Å². The second-order valence-corrected chi connectivity index (χ2v) is 5.22. The van der Waals surface area contributed by atoms with Crippen molar-refractivity contribution in [2.24, 2.45) is 11.8 Å². The van der Waals surface area contributed by atoms with E-state index in [1.165, 1.54) is 37.4 Å². The van der Waals surface area contributed by atoms with Crippen molar-refractivity contribution in [2.45, 2.75) is 26.7 Å². The third kappa shape index (κ3) is 4.36. The average Bonchev–Trinajstić information content (AvgIpc) is 2.05. The first kappa shape index (κ1) is 10.4.